The highest BCUT2D eigenvalue weighted by Crippen LogP contribution is 2.13. The molecule has 2 rings (SSSR count). The Balaban J connectivity index is 1.76. The van der Waals surface area contributed by atoms with E-state index < -0.39 is 0 Å². The van der Waals surface area contributed by atoms with Gasteiger partial charge in [0.05, 0.1) is 6.61 Å². The Morgan fingerprint density at radius 2 is 2.14 bits per heavy atom. The predicted octanol–water partition coefficient (Wildman–Crippen LogP) is 2.18. The van der Waals surface area contributed by atoms with Crippen molar-refractivity contribution >= 4 is 0 Å². The van der Waals surface area contributed by atoms with E-state index in [1.54, 1.807) is 0 Å². The molecule has 3 heteroatoms. The monoisotopic (exact) mass is 194 g/mol. The second-order valence-electron chi connectivity index (χ2n) is 3.31. The Kier molecular flexibility index (Phi) is 3.38. The van der Waals surface area contributed by atoms with Gasteiger partial charge in [0, 0.05) is 0 Å². The summed E-state index contributed by atoms with van der Waals surface area (Å²) in [5.41, 5.74) is 0. The first-order valence-corrected chi connectivity index (χ1v) is 4.91. The van der Waals surface area contributed by atoms with Crippen LogP contribution < -0.4 is 4.74 Å². The van der Waals surface area contributed by atoms with E-state index in [0.717, 1.165) is 18.6 Å². The molecule has 3 nitrogen and oxygen atoms in total. The van der Waals surface area contributed by atoms with Gasteiger partial charge in [-0.05, 0) is 25.0 Å². The van der Waals surface area contributed by atoms with Crippen molar-refractivity contribution in [3.63, 3.8) is 0 Å². The van der Waals surface area contributed by atoms with Crippen LogP contribution in [0.4, 0.5) is 0 Å². The van der Waals surface area contributed by atoms with E-state index in [4.69, 9.17) is 14.5 Å². The van der Waals surface area contributed by atoms with Crippen LogP contribution in [0.25, 0.3) is 0 Å². The molecule has 0 bridgehead atoms. The van der Waals surface area contributed by atoms with E-state index in [0.29, 0.717) is 13.2 Å². The molecule has 14 heavy (non-hydrogen) atoms. The second-order valence-corrected chi connectivity index (χ2v) is 3.31. The first-order valence-electron chi connectivity index (χ1n) is 4.91. The van der Waals surface area contributed by atoms with Crippen molar-refractivity contribution in [2.75, 3.05) is 13.2 Å². The minimum absolute atomic E-state index is 0.0731. The molecular weight excluding hydrogens is 180 g/mol. The zero-order valence-corrected chi connectivity index (χ0v) is 8.02. The van der Waals surface area contributed by atoms with Crippen LogP contribution in [0.3, 0.4) is 0 Å². The van der Waals surface area contributed by atoms with E-state index in [1.165, 1.54) is 0 Å². The fraction of sp³-hybridized carbons (Fsp3) is 0.455. The highest BCUT2D eigenvalue weighted by molar-refractivity contribution is 5.20. The van der Waals surface area contributed by atoms with Crippen LogP contribution in [0.5, 0.6) is 5.75 Å². The average molecular weight is 194 g/mol. The maximum Gasteiger partial charge on any atom is 0.127 e. The zero-order chi connectivity index (χ0) is 9.64. The normalized spacial score (nSPS) is 21.9. The zero-order valence-electron chi connectivity index (χ0n) is 8.02. The lowest BCUT2D eigenvalue weighted by Gasteiger charge is -2.21. The highest BCUT2D eigenvalue weighted by atomic mass is 17.2. The molecule has 76 valence electrons. The Hall–Kier alpha value is -1.06. The van der Waals surface area contributed by atoms with E-state index in [2.05, 4.69) is 0 Å². The van der Waals surface area contributed by atoms with Crippen molar-refractivity contribution in [3.8, 4) is 5.75 Å². The summed E-state index contributed by atoms with van der Waals surface area (Å²) in [6.45, 7) is 1.26. The molecule has 0 aliphatic carbocycles. The van der Waals surface area contributed by atoms with Gasteiger partial charge in [-0.1, -0.05) is 18.2 Å². The summed E-state index contributed by atoms with van der Waals surface area (Å²) in [4.78, 5) is 9.97. The van der Waals surface area contributed by atoms with Gasteiger partial charge in [-0.25, -0.2) is 9.78 Å². The molecule has 1 atom stereocenters. The molecule has 1 aliphatic heterocycles. The highest BCUT2D eigenvalue weighted by Gasteiger charge is 2.15. The van der Waals surface area contributed by atoms with Gasteiger partial charge in [0.2, 0.25) is 0 Å². The fourth-order valence-electron chi connectivity index (χ4n) is 1.38. The molecule has 0 saturated carbocycles. The maximum atomic E-state index is 5.54. The molecule has 1 aromatic carbocycles. The third-order valence-corrected chi connectivity index (χ3v) is 2.14. The lowest BCUT2D eigenvalue weighted by Crippen LogP contribution is -2.26. The van der Waals surface area contributed by atoms with Gasteiger partial charge in [-0.2, -0.15) is 0 Å². The summed E-state index contributed by atoms with van der Waals surface area (Å²) in [7, 11) is 0. The SMILES string of the molecule is c1ccc(OCC2CCCOO2)cc1. The van der Waals surface area contributed by atoms with Crippen molar-refractivity contribution in [2.24, 2.45) is 0 Å². The molecule has 1 aliphatic rings. The molecule has 1 fully saturated rings. The van der Waals surface area contributed by atoms with Crippen molar-refractivity contribution in [1.29, 1.82) is 0 Å². The minimum Gasteiger partial charge on any atom is -0.491 e. The molecule has 0 N–H and O–H groups in total. The van der Waals surface area contributed by atoms with Gasteiger partial charge < -0.3 is 4.74 Å². The number of rotatable bonds is 3. The van der Waals surface area contributed by atoms with Crippen LogP contribution in [0, 0.1) is 0 Å². The lowest BCUT2D eigenvalue weighted by atomic mass is 10.2. The van der Waals surface area contributed by atoms with E-state index in [-0.39, 0.29) is 6.10 Å². The van der Waals surface area contributed by atoms with Crippen LogP contribution >= 0.6 is 0 Å². The molecule has 0 radical (unpaired) electrons. The molecule has 1 heterocycles. The standard InChI is InChI=1S/C11H14O3/c1-2-5-10(6-3-1)12-9-11-7-4-8-13-14-11/h1-3,5-6,11H,4,7-9H2. The van der Waals surface area contributed by atoms with E-state index in [9.17, 15) is 0 Å². The van der Waals surface area contributed by atoms with Gasteiger partial charge in [0.25, 0.3) is 0 Å². The average Bonchev–Trinajstić information content (AvgIpc) is 2.29. The third-order valence-electron chi connectivity index (χ3n) is 2.14. The van der Waals surface area contributed by atoms with Crippen LogP contribution in [-0.2, 0) is 9.78 Å². The number of hydrogen-bond donors (Lipinski definition) is 0. The Labute approximate surface area is 83.5 Å². The van der Waals surface area contributed by atoms with Crippen LogP contribution in [0.15, 0.2) is 30.3 Å². The Morgan fingerprint density at radius 1 is 1.29 bits per heavy atom. The Morgan fingerprint density at radius 3 is 2.86 bits per heavy atom. The third kappa shape index (κ3) is 2.72. The summed E-state index contributed by atoms with van der Waals surface area (Å²) < 4.78 is 5.54. The minimum atomic E-state index is 0.0731. The number of para-hydroxylation sites is 1. The molecular formula is C11H14O3. The number of benzene rings is 1. The van der Waals surface area contributed by atoms with Crippen molar-refractivity contribution in [1.82, 2.24) is 0 Å². The molecule has 1 saturated heterocycles. The molecule has 0 amide bonds. The van der Waals surface area contributed by atoms with Gasteiger partial charge >= 0.3 is 0 Å². The van der Waals surface area contributed by atoms with Gasteiger partial charge in [-0.3, -0.25) is 0 Å². The van der Waals surface area contributed by atoms with E-state index >= 15 is 0 Å². The topological polar surface area (TPSA) is 27.7 Å². The predicted molar refractivity (Wildman–Crippen MR) is 52.0 cm³/mol. The molecule has 1 unspecified atom stereocenters. The van der Waals surface area contributed by atoms with Crippen molar-refractivity contribution in [2.45, 2.75) is 18.9 Å². The first-order chi connectivity index (χ1) is 6.95. The lowest BCUT2D eigenvalue weighted by molar-refractivity contribution is -0.347. The van der Waals surface area contributed by atoms with Crippen molar-refractivity contribution < 1.29 is 14.5 Å². The summed E-state index contributed by atoms with van der Waals surface area (Å²) in [6.07, 6.45) is 2.12. The maximum absolute atomic E-state index is 5.54. The molecule has 1 aromatic rings. The smallest absolute Gasteiger partial charge is 0.127 e. The summed E-state index contributed by atoms with van der Waals surface area (Å²) >= 11 is 0. The first kappa shape index (κ1) is 9.49. The summed E-state index contributed by atoms with van der Waals surface area (Å²) in [5.74, 6) is 0.877. The molecule has 0 aromatic heterocycles. The van der Waals surface area contributed by atoms with Crippen LogP contribution in [0.2, 0.25) is 0 Å². The largest absolute Gasteiger partial charge is 0.491 e. The van der Waals surface area contributed by atoms with E-state index in [1.807, 2.05) is 30.3 Å². The van der Waals surface area contributed by atoms with Crippen LogP contribution in [-0.4, -0.2) is 19.3 Å². The molecule has 0 spiro atoms. The number of ether oxygens (including phenoxy) is 1. The second kappa shape index (κ2) is 4.98. The summed E-state index contributed by atoms with van der Waals surface area (Å²) in [6, 6.07) is 9.74. The number of hydrogen-bond acceptors (Lipinski definition) is 3. The van der Waals surface area contributed by atoms with Crippen LogP contribution in [0.1, 0.15) is 12.8 Å². The summed E-state index contributed by atoms with van der Waals surface area (Å²) in [5, 5.41) is 0. The van der Waals surface area contributed by atoms with Crippen molar-refractivity contribution in [3.05, 3.63) is 30.3 Å². The van der Waals surface area contributed by atoms with Gasteiger partial charge in [0.1, 0.15) is 18.5 Å². The van der Waals surface area contributed by atoms with Gasteiger partial charge in [0.15, 0.2) is 0 Å². The fourth-order valence-corrected chi connectivity index (χ4v) is 1.38. The Bertz CT molecular complexity index is 254. The quantitative estimate of drug-likeness (QED) is 0.690. The van der Waals surface area contributed by atoms with Gasteiger partial charge in [-0.15, -0.1) is 0 Å².